The SMILES string of the molecule is CCCC1CCC(c2ccc(-c3ccc(OC(C)=O)cc3)cc2)CC1. The van der Waals surface area contributed by atoms with Crippen molar-refractivity contribution < 1.29 is 9.53 Å². The summed E-state index contributed by atoms with van der Waals surface area (Å²) < 4.78 is 5.09. The Labute approximate surface area is 151 Å². The van der Waals surface area contributed by atoms with E-state index in [-0.39, 0.29) is 5.97 Å². The Morgan fingerprint density at radius 1 is 0.920 bits per heavy atom. The fourth-order valence-electron chi connectivity index (χ4n) is 4.02. The third-order valence-electron chi connectivity index (χ3n) is 5.37. The number of hydrogen-bond acceptors (Lipinski definition) is 2. The zero-order valence-corrected chi connectivity index (χ0v) is 15.3. The van der Waals surface area contributed by atoms with Gasteiger partial charge in [0.05, 0.1) is 0 Å². The van der Waals surface area contributed by atoms with Crippen LogP contribution in [0.4, 0.5) is 0 Å². The second-order valence-corrected chi connectivity index (χ2v) is 7.25. The lowest BCUT2D eigenvalue weighted by Gasteiger charge is -2.28. The number of carbonyl (C=O) groups is 1. The molecule has 1 aliphatic rings. The molecule has 0 spiro atoms. The molecule has 0 aliphatic heterocycles. The first kappa shape index (κ1) is 17.7. The summed E-state index contributed by atoms with van der Waals surface area (Å²) in [6.45, 7) is 3.71. The van der Waals surface area contributed by atoms with Gasteiger partial charge in [0.15, 0.2) is 0 Å². The van der Waals surface area contributed by atoms with Gasteiger partial charge in [0.1, 0.15) is 5.75 Å². The van der Waals surface area contributed by atoms with Crippen LogP contribution in [0, 0.1) is 5.92 Å². The van der Waals surface area contributed by atoms with E-state index in [0.29, 0.717) is 5.75 Å². The second-order valence-electron chi connectivity index (χ2n) is 7.25. The minimum atomic E-state index is -0.286. The highest BCUT2D eigenvalue weighted by Gasteiger charge is 2.21. The number of hydrogen-bond donors (Lipinski definition) is 0. The Hall–Kier alpha value is -2.09. The molecule has 0 heterocycles. The van der Waals surface area contributed by atoms with Gasteiger partial charge in [0.2, 0.25) is 0 Å². The molecular formula is C23H28O2. The maximum atomic E-state index is 11.0. The molecule has 132 valence electrons. The summed E-state index contributed by atoms with van der Waals surface area (Å²) >= 11 is 0. The third kappa shape index (κ3) is 4.72. The van der Waals surface area contributed by atoms with Gasteiger partial charge in [-0.1, -0.05) is 56.2 Å². The van der Waals surface area contributed by atoms with Crippen LogP contribution in [0.25, 0.3) is 11.1 Å². The van der Waals surface area contributed by atoms with E-state index in [1.54, 1.807) is 0 Å². The molecule has 0 amide bonds. The van der Waals surface area contributed by atoms with Crippen molar-refractivity contribution in [1.82, 2.24) is 0 Å². The maximum absolute atomic E-state index is 11.0. The van der Waals surface area contributed by atoms with Gasteiger partial charge in [-0.15, -0.1) is 0 Å². The predicted molar refractivity (Wildman–Crippen MR) is 103 cm³/mol. The molecular weight excluding hydrogens is 308 g/mol. The molecule has 2 aromatic rings. The number of ether oxygens (including phenoxy) is 1. The van der Waals surface area contributed by atoms with E-state index in [1.807, 2.05) is 24.3 Å². The van der Waals surface area contributed by atoms with Crippen LogP contribution in [-0.4, -0.2) is 5.97 Å². The minimum absolute atomic E-state index is 0.286. The molecule has 1 aliphatic carbocycles. The zero-order valence-electron chi connectivity index (χ0n) is 15.3. The molecule has 0 radical (unpaired) electrons. The predicted octanol–water partition coefficient (Wildman–Crippen LogP) is 6.35. The van der Waals surface area contributed by atoms with Gasteiger partial charge in [0.25, 0.3) is 0 Å². The highest BCUT2D eigenvalue weighted by atomic mass is 16.5. The molecule has 1 saturated carbocycles. The molecule has 3 rings (SSSR count). The standard InChI is InChI=1S/C23H28O2/c1-3-4-18-5-7-19(8-6-18)20-9-11-21(12-10-20)22-13-15-23(16-14-22)25-17(2)24/h9-16,18-19H,3-8H2,1-2H3. The van der Waals surface area contributed by atoms with E-state index < -0.39 is 0 Å². The molecule has 25 heavy (non-hydrogen) atoms. The summed E-state index contributed by atoms with van der Waals surface area (Å²) in [5, 5.41) is 0. The lowest BCUT2D eigenvalue weighted by Crippen LogP contribution is -2.13. The fourth-order valence-corrected chi connectivity index (χ4v) is 4.02. The van der Waals surface area contributed by atoms with Crippen LogP contribution in [0.1, 0.15) is 63.9 Å². The summed E-state index contributed by atoms with van der Waals surface area (Å²) in [4.78, 5) is 11.0. The number of benzene rings is 2. The van der Waals surface area contributed by atoms with Crippen molar-refractivity contribution in [3.05, 3.63) is 54.1 Å². The molecule has 0 unspecified atom stereocenters. The summed E-state index contributed by atoms with van der Waals surface area (Å²) in [5.41, 5.74) is 3.84. The van der Waals surface area contributed by atoms with Crippen LogP contribution in [0.5, 0.6) is 5.75 Å². The molecule has 0 bridgehead atoms. The van der Waals surface area contributed by atoms with Crippen LogP contribution in [0.15, 0.2) is 48.5 Å². The maximum Gasteiger partial charge on any atom is 0.308 e. The highest BCUT2D eigenvalue weighted by molar-refractivity contribution is 5.70. The first-order chi connectivity index (χ1) is 12.2. The molecule has 2 nitrogen and oxygen atoms in total. The molecule has 1 fully saturated rings. The summed E-state index contributed by atoms with van der Waals surface area (Å²) in [6.07, 6.45) is 8.16. The van der Waals surface area contributed by atoms with Gasteiger partial charge in [-0.2, -0.15) is 0 Å². The van der Waals surface area contributed by atoms with E-state index in [9.17, 15) is 4.79 Å². The van der Waals surface area contributed by atoms with Crippen molar-refractivity contribution in [3.63, 3.8) is 0 Å². The van der Waals surface area contributed by atoms with Crippen molar-refractivity contribution in [3.8, 4) is 16.9 Å². The smallest absolute Gasteiger partial charge is 0.308 e. The topological polar surface area (TPSA) is 26.3 Å². The Morgan fingerprint density at radius 2 is 1.48 bits per heavy atom. The minimum Gasteiger partial charge on any atom is -0.427 e. The Balaban J connectivity index is 1.63. The third-order valence-corrected chi connectivity index (χ3v) is 5.37. The first-order valence-corrected chi connectivity index (χ1v) is 9.54. The Bertz CT molecular complexity index is 677. The van der Waals surface area contributed by atoms with E-state index in [2.05, 4.69) is 31.2 Å². The van der Waals surface area contributed by atoms with Crippen molar-refractivity contribution >= 4 is 5.97 Å². The zero-order chi connectivity index (χ0) is 17.6. The van der Waals surface area contributed by atoms with Gasteiger partial charge in [-0.25, -0.2) is 0 Å². The van der Waals surface area contributed by atoms with E-state index in [0.717, 1.165) is 17.4 Å². The van der Waals surface area contributed by atoms with Crippen LogP contribution >= 0.6 is 0 Å². The normalized spacial score (nSPS) is 20.2. The number of carbonyl (C=O) groups excluding carboxylic acids is 1. The largest absolute Gasteiger partial charge is 0.427 e. The fraction of sp³-hybridized carbons (Fsp3) is 0.435. The van der Waals surface area contributed by atoms with Crippen molar-refractivity contribution in [2.45, 2.75) is 58.3 Å². The lowest BCUT2D eigenvalue weighted by molar-refractivity contribution is -0.131. The van der Waals surface area contributed by atoms with Crippen molar-refractivity contribution in [2.24, 2.45) is 5.92 Å². The monoisotopic (exact) mass is 336 g/mol. The average Bonchev–Trinajstić information content (AvgIpc) is 2.63. The van der Waals surface area contributed by atoms with Gasteiger partial charge in [-0.3, -0.25) is 4.79 Å². The molecule has 0 saturated heterocycles. The molecule has 0 atom stereocenters. The lowest BCUT2D eigenvalue weighted by atomic mass is 9.77. The molecule has 0 aromatic heterocycles. The highest BCUT2D eigenvalue weighted by Crippen LogP contribution is 2.38. The Morgan fingerprint density at radius 3 is 2.00 bits per heavy atom. The quantitative estimate of drug-likeness (QED) is 0.469. The number of rotatable bonds is 5. The van der Waals surface area contributed by atoms with Gasteiger partial charge in [0, 0.05) is 6.92 Å². The van der Waals surface area contributed by atoms with Crippen molar-refractivity contribution in [1.29, 1.82) is 0 Å². The summed E-state index contributed by atoms with van der Waals surface area (Å²) in [5.74, 6) is 1.99. The molecule has 0 N–H and O–H groups in total. The summed E-state index contributed by atoms with van der Waals surface area (Å²) in [7, 11) is 0. The van der Waals surface area contributed by atoms with Crippen LogP contribution in [-0.2, 0) is 4.79 Å². The van der Waals surface area contributed by atoms with Crippen LogP contribution in [0.3, 0.4) is 0 Å². The molecule has 2 aromatic carbocycles. The Kier molecular flexibility index (Phi) is 5.91. The number of esters is 1. The van der Waals surface area contributed by atoms with Gasteiger partial charge in [-0.05, 0) is 66.3 Å². The average molecular weight is 336 g/mol. The van der Waals surface area contributed by atoms with Crippen LogP contribution in [0.2, 0.25) is 0 Å². The van der Waals surface area contributed by atoms with Crippen molar-refractivity contribution in [2.75, 3.05) is 0 Å². The van der Waals surface area contributed by atoms with Crippen LogP contribution < -0.4 is 4.74 Å². The van der Waals surface area contributed by atoms with Gasteiger partial charge >= 0.3 is 5.97 Å². The van der Waals surface area contributed by atoms with E-state index >= 15 is 0 Å². The first-order valence-electron chi connectivity index (χ1n) is 9.54. The van der Waals surface area contributed by atoms with E-state index in [4.69, 9.17) is 4.74 Å². The second kappa shape index (κ2) is 8.33. The van der Waals surface area contributed by atoms with E-state index in [1.165, 1.54) is 56.6 Å². The van der Waals surface area contributed by atoms with Gasteiger partial charge < -0.3 is 4.74 Å². The summed E-state index contributed by atoms with van der Waals surface area (Å²) in [6, 6.07) is 16.7. The molecule has 2 heteroatoms.